The van der Waals surface area contributed by atoms with Crippen LogP contribution in [0.2, 0.25) is 5.02 Å². The van der Waals surface area contributed by atoms with E-state index in [9.17, 15) is 0 Å². The van der Waals surface area contributed by atoms with Crippen molar-refractivity contribution in [2.45, 2.75) is 25.9 Å². The second-order valence-corrected chi connectivity index (χ2v) is 4.95. The first-order valence-electron chi connectivity index (χ1n) is 5.82. The SMILES string of the molecule is C[C@@H]1CNC[C@H](C)N1c1ccc(C#N)c(Cl)c1. The molecule has 0 bridgehead atoms. The highest BCUT2D eigenvalue weighted by Gasteiger charge is 2.24. The van der Waals surface area contributed by atoms with E-state index in [1.807, 2.05) is 12.1 Å². The standard InChI is InChI=1S/C13H16ClN3/c1-9-7-16-8-10(2)17(9)12-4-3-11(6-15)13(14)5-12/h3-5,9-10,16H,7-8H2,1-2H3/t9-,10+. The van der Waals surface area contributed by atoms with Crippen LogP contribution in [-0.4, -0.2) is 25.2 Å². The lowest BCUT2D eigenvalue weighted by atomic mass is 10.1. The van der Waals surface area contributed by atoms with Crippen LogP contribution in [0.5, 0.6) is 0 Å². The van der Waals surface area contributed by atoms with Crippen molar-refractivity contribution in [3.63, 3.8) is 0 Å². The van der Waals surface area contributed by atoms with Crippen LogP contribution in [0.1, 0.15) is 19.4 Å². The summed E-state index contributed by atoms with van der Waals surface area (Å²) < 4.78 is 0. The molecule has 3 nitrogen and oxygen atoms in total. The Balaban J connectivity index is 2.33. The number of nitrogens with one attached hydrogen (secondary N) is 1. The monoisotopic (exact) mass is 249 g/mol. The van der Waals surface area contributed by atoms with Crippen molar-refractivity contribution in [3.05, 3.63) is 28.8 Å². The number of piperazine rings is 1. The van der Waals surface area contributed by atoms with E-state index < -0.39 is 0 Å². The lowest BCUT2D eigenvalue weighted by Crippen LogP contribution is -2.55. The molecule has 90 valence electrons. The highest BCUT2D eigenvalue weighted by Crippen LogP contribution is 2.27. The Labute approximate surface area is 107 Å². The molecule has 1 aliphatic heterocycles. The van der Waals surface area contributed by atoms with Gasteiger partial charge in [0.25, 0.3) is 0 Å². The molecule has 1 aromatic carbocycles. The minimum absolute atomic E-state index is 0.433. The molecule has 1 N–H and O–H groups in total. The van der Waals surface area contributed by atoms with Crippen molar-refractivity contribution in [3.8, 4) is 6.07 Å². The minimum Gasteiger partial charge on any atom is -0.364 e. The van der Waals surface area contributed by atoms with Gasteiger partial charge in [-0.1, -0.05) is 11.6 Å². The first-order chi connectivity index (χ1) is 8.13. The second-order valence-electron chi connectivity index (χ2n) is 4.54. The van der Waals surface area contributed by atoms with Crippen molar-refractivity contribution in [2.24, 2.45) is 0 Å². The van der Waals surface area contributed by atoms with Crippen LogP contribution in [0.4, 0.5) is 5.69 Å². The molecular weight excluding hydrogens is 234 g/mol. The Bertz CT molecular complexity index is 442. The van der Waals surface area contributed by atoms with Gasteiger partial charge in [0.15, 0.2) is 0 Å². The van der Waals surface area contributed by atoms with Gasteiger partial charge < -0.3 is 10.2 Å². The molecule has 0 aromatic heterocycles. The molecule has 1 heterocycles. The molecular formula is C13H16ClN3. The highest BCUT2D eigenvalue weighted by molar-refractivity contribution is 6.32. The van der Waals surface area contributed by atoms with Gasteiger partial charge in [-0.15, -0.1) is 0 Å². The highest BCUT2D eigenvalue weighted by atomic mass is 35.5. The summed E-state index contributed by atoms with van der Waals surface area (Å²) in [6.45, 7) is 6.33. The third kappa shape index (κ3) is 2.38. The average Bonchev–Trinajstić information content (AvgIpc) is 2.29. The Kier molecular flexibility index (Phi) is 3.56. The average molecular weight is 250 g/mol. The van der Waals surface area contributed by atoms with Gasteiger partial charge >= 0.3 is 0 Å². The normalized spacial score (nSPS) is 24.5. The molecule has 1 fully saturated rings. The van der Waals surface area contributed by atoms with Crippen molar-refractivity contribution in [2.75, 3.05) is 18.0 Å². The number of halogens is 1. The van der Waals surface area contributed by atoms with Crippen LogP contribution in [0.3, 0.4) is 0 Å². The fourth-order valence-electron chi connectivity index (χ4n) is 2.40. The summed E-state index contributed by atoms with van der Waals surface area (Å²) in [5.41, 5.74) is 1.63. The third-order valence-electron chi connectivity index (χ3n) is 3.20. The lowest BCUT2D eigenvalue weighted by Gasteiger charge is -2.41. The van der Waals surface area contributed by atoms with Crippen LogP contribution in [0, 0.1) is 11.3 Å². The van der Waals surface area contributed by atoms with E-state index in [2.05, 4.69) is 30.1 Å². The summed E-state index contributed by atoms with van der Waals surface area (Å²) in [5.74, 6) is 0. The first kappa shape index (κ1) is 12.2. The number of hydrogen-bond donors (Lipinski definition) is 1. The summed E-state index contributed by atoms with van der Waals surface area (Å²) in [6, 6.07) is 8.60. The zero-order valence-corrected chi connectivity index (χ0v) is 10.8. The molecule has 1 saturated heterocycles. The van der Waals surface area contributed by atoms with Crippen LogP contribution < -0.4 is 10.2 Å². The Morgan fingerprint density at radius 2 is 2.00 bits per heavy atom. The van der Waals surface area contributed by atoms with E-state index in [-0.39, 0.29) is 0 Å². The van der Waals surface area contributed by atoms with Gasteiger partial charge in [-0.05, 0) is 32.0 Å². The van der Waals surface area contributed by atoms with E-state index in [4.69, 9.17) is 16.9 Å². The lowest BCUT2D eigenvalue weighted by molar-refractivity contribution is 0.432. The molecule has 0 saturated carbocycles. The Morgan fingerprint density at radius 1 is 1.35 bits per heavy atom. The fourth-order valence-corrected chi connectivity index (χ4v) is 2.61. The van der Waals surface area contributed by atoms with Gasteiger partial charge in [0.2, 0.25) is 0 Å². The minimum atomic E-state index is 0.433. The number of hydrogen-bond acceptors (Lipinski definition) is 3. The molecule has 0 aliphatic carbocycles. The molecule has 17 heavy (non-hydrogen) atoms. The van der Waals surface area contributed by atoms with Gasteiger partial charge in [0.05, 0.1) is 10.6 Å². The summed E-state index contributed by atoms with van der Waals surface area (Å²) in [7, 11) is 0. The molecule has 2 rings (SSSR count). The molecule has 1 aliphatic rings. The summed E-state index contributed by atoms with van der Waals surface area (Å²) >= 11 is 6.08. The maximum atomic E-state index is 8.87. The third-order valence-corrected chi connectivity index (χ3v) is 3.51. The summed E-state index contributed by atoms with van der Waals surface area (Å²) in [4.78, 5) is 2.35. The zero-order valence-electron chi connectivity index (χ0n) is 10.1. The van der Waals surface area contributed by atoms with Crippen molar-refractivity contribution < 1.29 is 0 Å². The number of rotatable bonds is 1. The van der Waals surface area contributed by atoms with Crippen LogP contribution >= 0.6 is 11.6 Å². The fraction of sp³-hybridized carbons (Fsp3) is 0.462. The number of nitrogens with zero attached hydrogens (tertiary/aromatic N) is 2. The van der Waals surface area contributed by atoms with Gasteiger partial charge in [0.1, 0.15) is 6.07 Å². The molecule has 1 aromatic rings. The maximum Gasteiger partial charge on any atom is 0.101 e. The maximum absolute atomic E-state index is 8.87. The van der Waals surface area contributed by atoms with Crippen molar-refractivity contribution in [1.82, 2.24) is 5.32 Å². The molecule has 2 atom stereocenters. The van der Waals surface area contributed by atoms with E-state index in [1.165, 1.54) is 0 Å². The van der Waals surface area contributed by atoms with Gasteiger partial charge in [-0.25, -0.2) is 0 Å². The number of nitriles is 1. The smallest absolute Gasteiger partial charge is 0.101 e. The quantitative estimate of drug-likeness (QED) is 0.831. The molecule has 0 spiro atoms. The molecule has 4 heteroatoms. The second kappa shape index (κ2) is 4.95. The zero-order chi connectivity index (χ0) is 12.4. The number of anilines is 1. The van der Waals surface area contributed by atoms with Gasteiger partial charge in [-0.3, -0.25) is 0 Å². The summed E-state index contributed by atoms with van der Waals surface area (Å²) in [5, 5.41) is 12.8. The Hall–Kier alpha value is -1.24. The number of benzene rings is 1. The van der Waals surface area contributed by atoms with Crippen molar-refractivity contribution in [1.29, 1.82) is 5.26 Å². The van der Waals surface area contributed by atoms with Gasteiger partial charge in [-0.2, -0.15) is 5.26 Å². The Morgan fingerprint density at radius 3 is 2.53 bits per heavy atom. The van der Waals surface area contributed by atoms with E-state index in [0.717, 1.165) is 18.8 Å². The molecule has 0 radical (unpaired) electrons. The first-order valence-corrected chi connectivity index (χ1v) is 6.20. The molecule has 0 amide bonds. The largest absolute Gasteiger partial charge is 0.364 e. The van der Waals surface area contributed by atoms with E-state index in [1.54, 1.807) is 6.07 Å². The molecule has 0 unspecified atom stereocenters. The topological polar surface area (TPSA) is 39.1 Å². The predicted octanol–water partition coefficient (Wildman–Crippen LogP) is 2.40. The van der Waals surface area contributed by atoms with E-state index >= 15 is 0 Å². The van der Waals surface area contributed by atoms with Gasteiger partial charge in [0, 0.05) is 30.9 Å². The predicted molar refractivity (Wildman–Crippen MR) is 70.4 cm³/mol. The summed E-state index contributed by atoms with van der Waals surface area (Å²) in [6.07, 6.45) is 0. The van der Waals surface area contributed by atoms with E-state index in [0.29, 0.717) is 22.7 Å². The van der Waals surface area contributed by atoms with Crippen molar-refractivity contribution >= 4 is 17.3 Å². The van der Waals surface area contributed by atoms with Crippen LogP contribution in [0.15, 0.2) is 18.2 Å². The van der Waals surface area contributed by atoms with Crippen LogP contribution in [-0.2, 0) is 0 Å². The van der Waals surface area contributed by atoms with Crippen LogP contribution in [0.25, 0.3) is 0 Å².